The molecular weight excluding hydrogens is 356 g/mol. The van der Waals surface area contributed by atoms with Crippen LogP contribution in [0.25, 0.3) is 0 Å². The van der Waals surface area contributed by atoms with Crippen molar-refractivity contribution in [2.24, 2.45) is 16.7 Å². The molecule has 1 N–H and O–H groups in total. The number of fused-ring (bicyclic) bond motifs is 1. The summed E-state index contributed by atoms with van der Waals surface area (Å²) in [6, 6.07) is 5.82. The number of ether oxygens (including phenoxy) is 1. The Labute approximate surface area is 153 Å². The minimum Gasteiger partial charge on any atom is -0.469 e. The second kappa shape index (κ2) is 6.06. The number of carbonyl (C=O) groups excluding carboxylic acids is 2. The lowest BCUT2D eigenvalue weighted by molar-refractivity contribution is -0.174. The summed E-state index contributed by atoms with van der Waals surface area (Å²) in [5.74, 6) is -0.684. The quantitative estimate of drug-likeness (QED) is 0.794. The zero-order valence-electron chi connectivity index (χ0n) is 15.4. The highest BCUT2D eigenvalue weighted by Gasteiger charge is 2.68. The van der Waals surface area contributed by atoms with Gasteiger partial charge >= 0.3 is 5.97 Å². The minimum absolute atomic E-state index is 0.0673. The zero-order valence-corrected chi connectivity index (χ0v) is 16.2. The molecule has 142 valence electrons. The van der Waals surface area contributed by atoms with Gasteiger partial charge in [0.2, 0.25) is 10.0 Å². The summed E-state index contributed by atoms with van der Waals surface area (Å²) in [5, 5.41) is 2.50. The number of esters is 1. The predicted molar refractivity (Wildman–Crippen MR) is 94.9 cm³/mol. The maximum atomic E-state index is 13.0. The van der Waals surface area contributed by atoms with Crippen LogP contribution in [0.4, 0.5) is 0 Å². The van der Waals surface area contributed by atoms with Crippen LogP contribution in [0.2, 0.25) is 0 Å². The van der Waals surface area contributed by atoms with E-state index in [2.05, 4.69) is 5.32 Å². The zero-order chi connectivity index (χ0) is 19.3. The van der Waals surface area contributed by atoms with E-state index in [9.17, 15) is 18.0 Å². The number of nitrogens with zero attached hydrogens (tertiary/aromatic N) is 1. The average molecular weight is 380 g/mol. The van der Waals surface area contributed by atoms with E-state index < -0.39 is 15.4 Å². The van der Waals surface area contributed by atoms with Crippen molar-refractivity contribution in [3.8, 4) is 0 Å². The summed E-state index contributed by atoms with van der Waals surface area (Å²) in [6.07, 6.45) is 0.610. The number of carbonyl (C=O) groups is 2. The van der Waals surface area contributed by atoms with Gasteiger partial charge in [0, 0.05) is 25.7 Å². The molecule has 1 saturated carbocycles. The Hall–Kier alpha value is -1.93. The summed E-state index contributed by atoms with van der Waals surface area (Å²) in [6.45, 7) is 4.52. The first-order valence-electron chi connectivity index (χ1n) is 8.49. The molecule has 0 radical (unpaired) electrons. The summed E-state index contributed by atoms with van der Waals surface area (Å²) in [5.41, 5.74) is -0.477. The second-order valence-electron chi connectivity index (χ2n) is 7.77. The van der Waals surface area contributed by atoms with E-state index in [0.29, 0.717) is 18.5 Å². The monoisotopic (exact) mass is 380 g/mol. The van der Waals surface area contributed by atoms with Crippen LogP contribution in [0, 0.1) is 16.7 Å². The van der Waals surface area contributed by atoms with E-state index in [0.717, 1.165) is 0 Å². The Bertz CT molecular complexity index is 847. The fourth-order valence-corrected chi connectivity index (χ4v) is 6.11. The van der Waals surface area contributed by atoms with E-state index in [1.54, 1.807) is 0 Å². The van der Waals surface area contributed by atoms with Gasteiger partial charge in [0.25, 0.3) is 5.91 Å². The first kappa shape index (κ1) is 18.8. The smallest absolute Gasteiger partial charge is 0.313 e. The highest BCUT2D eigenvalue weighted by atomic mass is 32.2. The van der Waals surface area contributed by atoms with Crippen LogP contribution in [-0.2, 0) is 19.6 Å². The molecule has 0 unspecified atom stereocenters. The van der Waals surface area contributed by atoms with Gasteiger partial charge in [-0.2, -0.15) is 4.31 Å². The maximum absolute atomic E-state index is 13.0. The summed E-state index contributed by atoms with van der Waals surface area (Å²) in [7, 11) is -0.894. The molecule has 1 aromatic rings. The Balaban J connectivity index is 1.89. The number of sulfonamides is 1. The second-order valence-corrected chi connectivity index (χ2v) is 9.70. The number of benzene rings is 1. The van der Waals surface area contributed by atoms with Gasteiger partial charge in [-0.05, 0) is 42.0 Å². The Morgan fingerprint density at radius 1 is 1.23 bits per heavy atom. The van der Waals surface area contributed by atoms with Gasteiger partial charge in [0.15, 0.2) is 0 Å². The van der Waals surface area contributed by atoms with Crippen molar-refractivity contribution in [3.63, 3.8) is 0 Å². The van der Waals surface area contributed by atoms with Crippen LogP contribution in [0.3, 0.4) is 0 Å². The number of hydrogen-bond donors (Lipinski definition) is 1. The van der Waals surface area contributed by atoms with Crippen molar-refractivity contribution >= 4 is 21.9 Å². The van der Waals surface area contributed by atoms with Gasteiger partial charge in [-0.1, -0.05) is 13.8 Å². The fourth-order valence-electron chi connectivity index (χ4n) is 4.58. The van der Waals surface area contributed by atoms with Crippen molar-refractivity contribution in [3.05, 3.63) is 29.8 Å². The number of methoxy groups -OCH3 is 1. The number of nitrogens with one attached hydrogen (secondary N) is 1. The third kappa shape index (κ3) is 2.63. The number of hydrogen-bond acceptors (Lipinski definition) is 5. The van der Waals surface area contributed by atoms with Crippen molar-refractivity contribution in [1.82, 2.24) is 9.62 Å². The van der Waals surface area contributed by atoms with Gasteiger partial charge < -0.3 is 10.1 Å². The third-order valence-corrected chi connectivity index (χ3v) is 7.63. The van der Waals surface area contributed by atoms with Gasteiger partial charge in [-0.15, -0.1) is 0 Å². The van der Waals surface area contributed by atoms with Crippen LogP contribution in [-0.4, -0.2) is 51.8 Å². The predicted octanol–water partition coefficient (Wildman–Crippen LogP) is 1.26. The molecule has 0 bridgehead atoms. The molecule has 2 fully saturated rings. The van der Waals surface area contributed by atoms with Crippen LogP contribution in [0.1, 0.15) is 30.6 Å². The Morgan fingerprint density at radius 3 is 2.35 bits per heavy atom. The van der Waals surface area contributed by atoms with Crippen molar-refractivity contribution < 1.29 is 22.7 Å². The lowest BCUT2D eigenvalue weighted by Gasteiger charge is -2.54. The number of amides is 1. The van der Waals surface area contributed by atoms with Crippen molar-refractivity contribution in [2.45, 2.75) is 25.2 Å². The fraction of sp³-hybridized carbons (Fsp3) is 0.556. The van der Waals surface area contributed by atoms with Crippen molar-refractivity contribution in [2.75, 3.05) is 27.2 Å². The third-order valence-electron chi connectivity index (χ3n) is 5.80. The molecule has 3 rings (SSSR count). The van der Waals surface area contributed by atoms with E-state index in [4.69, 9.17) is 4.74 Å². The molecule has 0 aromatic heterocycles. The first-order valence-corrected chi connectivity index (χ1v) is 9.93. The molecule has 8 heteroatoms. The largest absolute Gasteiger partial charge is 0.469 e. The molecule has 1 aromatic carbocycles. The van der Waals surface area contributed by atoms with Gasteiger partial charge in [0.05, 0.1) is 17.4 Å². The highest BCUT2D eigenvalue weighted by Crippen LogP contribution is 2.63. The molecule has 1 heterocycles. The van der Waals surface area contributed by atoms with Gasteiger partial charge in [-0.25, -0.2) is 8.42 Å². The van der Waals surface area contributed by atoms with Crippen LogP contribution in [0.5, 0.6) is 0 Å². The average Bonchev–Trinajstić information content (AvgIpc) is 2.97. The summed E-state index contributed by atoms with van der Waals surface area (Å²) < 4.78 is 32.4. The minimum atomic E-state index is -3.75. The van der Waals surface area contributed by atoms with E-state index >= 15 is 0 Å². The van der Waals surface area contributed by atoms with Gasteiger partial charge in [0.1, 0.15) is 0 Å². The Morgan fingerprint density at radius 2 is 1.85 bits per heavy atom. The normalized spacial score (nSPS) is 27.3. The lowest BCUT2D eigenvalue weighted by atomic mass is 9.48. The first-order chi connectivity index (χ1) is 12.1. The molecule has 0 spiro atoms. The molecular formula is C18H24N2O5S. The SMILES string of the molecule is CNC(=O)c1ccc(S(=O)(=O)N2C[C@@H]3C(C)(C)C[C@]3(C(=O)OC)C2)cc1. The molecule has 1 aliphatic carbocycles. The van der Waals surface area contributed by atoms with Crippen LogP contribution >= 0.6 is 0 Å². The molecule has 1 amide bonds. The molecule has 26 heavy (non-hydrogen) atoms. The maximum Gasteiger partial charge on any atom is 0.313 e. The summed E-state index contributed by atoms with van der Waals surface area (Å²) in [4.78, 5) is 24.1. The summed E-state index contributed by atoms with van der Waals surface area (Å²) >= 11 is 0. The Kier molecular flexibility index (Phi) is 4.39. The van der Waals surface area contributed by atoms with Crippen LogP contribution in [0.15, 0.2) is 29.2 Å². The van der Waals surface area contributed by atoms with E-state index in [1.807, 2.05) is 13.8 Å². The lowest BCUT2D eigenvalue weighted by Crippen LogP contribution is -2.57. The van der Waals surface area contributed by atoms with E-state index in [1.165, 1.54) is 42.7 Å². The van der Waals surface area contributed by atoms with E-state index in [-0.39, 0.29) is 34.6 Å². The topological polar surface area (TPSA) is 92.8 Å². The highest BCUT2D eigenvalue weighted by molar-refractivity contribution is 7.89. The molecule has 2 atom stereocenters. The molecule has 2 aliphatic rings. The molecule has 1 aliphatic heterocycles. The molecule has 1 saturated heterocycles. The standard InChI is InChI=1S/C18H24N2O5S/c1-17(2)10-18(16(22)25-4)11-20(9-14(17)18)26(23,24)13-7-5-12(6-8-13)15(21)19-3/h5-8,14H,9-11H2,1-4H3,(H,19,21)/t14-,18+/m1/s1. The van der Waals surface area contributed by atoms with Gasteiger partial charge in [-0.3, -0.25) is 9.59 Å². The van der Waals surface area contributed by atoms with Crippen molar-refractivity contribution in [1.29, 1.82) is 0 Å². The van der Waals surface area contributed by atoms with Crippen LogP contribution < -0.4 is 5.32 Å². The molecule has 7 nitrogen and oxygen atoms in total. The number of rotatable bonds is 4.